The lowest BCUT2D eigenvalue weighted by Gasteiger charge is -2.34. The van der Waals surface area contributed by atoms with Gasteiger partial charge in [0, 0.05) is 50.0 Å². The summed E-state index contributed by atoms with van der Waals surface area (Å²) in [6.45, 7) is 11.1. The number of nitrogens with one attached hydrogen (secondary N) is 1. The van der Waals surface area contributed by atoms with Crippen LogP contribution in [0.1, 0.15) is 36.7 Å². The molecule has 1 fully saturated rings. The predicted octanol–water partition coefficient (Wildman–Crippen LogP) is 3.45. The molecule has 2 amide bonds. The lowest BCUT2D eigenvalue weighted by Crippen LogP contribution is -2.50. The summed E-state index contributed by atoms with van der Waals surface area (Å²) >= 11 is 0. The maximum Gasteiger partial charge on any atom is 0.253 e. The van der Waals surface area contributed by atoms with Gasteiger partial charge in [0.25, 0.3) is 5.91 Å². The highest BCUT2D eigenvalue weighted by atomic mass is 19.1. The van der Waals surface area contributed by atoms with Crippen LogP contribution in [0.4, 0.5) is 10.1 Å². The Kier molecular flexibility index (Phi) is 8.36. The Morgan fingerprint density at radius 1 is 1.00 bits per heavy atom. The number of rotatable bonds is 8. The lowest BCUT2D eigenvalue weighted by atomic mass is 10.1. The molecular formula is C25H33FN4O2. The van der Waals surface area contributed by atoms with Crippen molar-refractivity contribution >= 4 is 17.5 Å². The number of carbonyl (C=O) groups is 2. The van der Waals surface area contributed by atoms with E-state index in [9.17, 15) is 14.0 Å². The fraction of sp³-hybridized carbons (Fsp3) is 0.440. The second-order valence-corrected chi connectivity index (χ2v) is 8.48. The van der Waals surface area contributed by atoms with Crippen molar-refractivity contribution in [3.8, 4) is 0 Å². The normalized spacial score (nSPS) is 14.8. The molecule has 2 aromatic carbocycles. The number of hydrogen-bond donors (Lipinski definition) is 1. The third kappa shape index (κ3) is 6.61. The van der Waals surface area contributed by atoms with Crippen LogP contribution in [-0.2, 0) is 11.3 Å². The highest BCUT2D eigenvalue weighted by Gasteiger charge is 2.23. The third-order valence-corrected chi connectivity index (χ3v) is 5.88. The van der Waals surface area contributed by atoms with E-state index in [4.69, 9.17) is 0 Å². The molecule has 0 bridgehead atoms. The van der Waals surface area contributed by atoms with Gasteiger partial charge in [-0.2, -0.15) is 0 Å². The maximum atomic E-state index is 13.0. The molecule has 0 atom stereocenters. The second-order valence-electron chi connectivity index (χ2n) is 8.48. The Morgan fingerprint density at radius 2 is 1.62 bits per heavy atom. The number of anilines is 1. The molecule has 0 saturated carbocycles. The predicted molar refractivity (Wildman–Crippen MR) is 125 cm³/mol. The molecule has 32 heavy (non-hydrogen) atoms. The van der Waals surface area contributed by atoms with Crippen molar-refractivity contribution in [1.82, 2.24) is 14.7 Å². The zero-order valence-electron chi connectivity index (χ0n) is 19.2. The third-order valence-electron chi connectivity index (χ3n) is 5.88. The summed E-state index contributed by atoms with van der Waals surface area (Å²) in [6, 6.07) is 14.1. The van der Waals surface area contributed by atoms with Crippen molar-refractivity contribution in [3.05, 3.63) is 65.5 Å². The van der Waals surface area contributed by atoms with E-state index in [2.05, 4.69) is 31.0 Å². The first-order valence-electron chi connectivity index (χ1n) is 11.3. The fourth-order valence-electron chi connectivity index (χ4n) is 3.88. The fourth-order valence-corrected chi connectivity index (χ4v) is 3.88. The van der Waals surface area contributed by atoms with Gasteiger partial charge in [0.15, 0.2) is 0 Å². The van der Waals surface area contributed by atoms with Gasteiger partial charge in [0.2, 0.25) is 5.91 Å². The van der Waals surface area contributed by atoms with Crippen molar-refractivity contribution in [3.63, 3.8) is 0 Å². The van der Waals surface area contributed by atoms with E-state index in [1.165, 1.54) is 29.8 Å². The summed E-state index contributed by atoms with van der Waals surface area (Å²) in [5.41, 5.74) is 2.47. The van der Waals surface area contributed by atoms with Crippen LogP contribution in [0.3, 0.4) is 0 Å². The smallest absolute Gasteiger partial charge is 0.253 e. The first-order valence-corrected chi connectivity index (χ1v) is 11.3. The van der Waals surface area contributed by atoms with Crippen molar-refractivity contribution < 1.29 is 14.0 Å². The summed E-state index contributed by atoms with van der Waals surface area (Å²) in [5.74, 6) is -0.449. The Bertz CT molecular complexity index is 891. The molecule has 1 saturated heterocycles. The lowest BCUT2D eigenvalue weighted by molar-refractivity contribution is -0.117. The Morgan fingerprint density at radius 3 is 2.19 bits per heavy atom. The molecule has 1 aliphatic rings. The minimum Gasteiger partial charge on any atom is -0.336 e. The standard InChI is InChI=1S/C25H33FN4O2/c1-4-29(19(2)3)17-20-5-7-21(8-6-20)25(32)30-15-13-28(14-16-30)18-24(31)27-23-11-9-22(26)10-12-23/h5-12,19H,4,13-18H2,1-3H3,(H,27,31). The number of benzene rings is 2. The van der Waals surface area contributed by atoms with Crippen molar-refractivity contribution in [2.75, 3.05) is 44.6 Å². The van der Waals surface area contributed by atoms with E-state index in [0.717, 1.165) is 13.1 Å². The molecule has 3 rings (SSSR count). The first kappa shape index (κ1) is 23.9. The van der Waals surface area contributed by atoms with Crippen LogP contribution in [-0.4, -0.2) is 71.8 Å². The highest BCUT2D eigenvalue weighted by molar-refractivity contribution is 5.94. The van der Waals surface area contributed by atoms with Crippen LogP contribution < -0.4 is 5.32 Å². The van der Waals surface area contributed by atoms with E-state index in [-0.39, 0.29) is 24.2 Å². The molecule has 0 unspecified atom stereocenters. The van der Waals surface area contributed by atoms with Gasteiger partial charge in [-0.3, -0.25) is 19.4 Å². The minimum atomic E-state index is -0.336. The summed E-state index contributed by atoms with van der Waals surface area (Å²) in [7, 11) is 0. The Labute approximate surface area is 190 Å². The molecule has 1 heterocycles. The van der Waals surface area contributed by atoms with Crippen LogP contribution in [0.15, 0.2) is 48.5 Å². The van der Waals surface area contributed by atoms with E-state index >= 15 is 0 Å². The van der Waals surface area contributed by atoms with Gasteiger partial charge >= 0.3 is 0 Å². The maximum absolute atomic E-state index is 13.0. The molecule has 0 radical (unpaired) electrons. The number of amides is 2. The molecule has 6 nitrogen and oxygen atoms in total. The molecule has 172 valence electrons. The summed E-state index contributed by atoms with van der Waals surface area (Å²) in [6.07, 6.45) is 0. The Hall–Kier alpha value is -2.77. The molecular weight excluding hydrogens is 407 g/mol. The van der Waals surface area contributed by atoms with Crippen LogP contribution >= 0.6 is 0 Å². The van der Waals surface area contributed by atoms with Crippen LogP contribution in [0.5, 0.6) is 0 Å². The van der Waals surface area contributed by atoms with Crippen LogP contribution in [0.2, 0.25) is 0 Å². The molecule has 1 aliphatic heterocycles. The first-order chi connectivity index (χ1) is 15.4. The SMILES string of the molecule is CCN(Cc1ccc(C(=O)N2CCN(CC(=O)Nc3ccc(F)cc3)CC2)cc1)C(C)C. The van der Waals surface area contributed by atoms with Gasteiger partial charge in [-0.1, -0.05) is 19.1 Å². The van der Waals surface area contributed by atoms with Gasteiger partial charge < -0.3 is 10.2 Å². The molecule has 0 aromatic heterocycles. The average Bonchev–Trinajstić information content (AvgIpc) is 2.79. The zero-order chi connectivity index (χ0) is 23.1. The number of halogens is 1. The molecule has 7 heteroatoms. The molecule has 0 aliphatic carbocycles. The molecule has 0 spiro atoms. The van der Waals surface area contributed by atoms with Gasteiger partial charge in [0.1, 0.15) is 5.82 Å². The number of piperazine rings is 1. The van der Waals surface area contributed by atoms with Gasteiger partial charge in [-0.25, -0.2) is 4.39 Å². The molecule has 1 N–H and O–H groups in total. The highest BCUT2D eigenvalue weighted by Crippen LogP contribution is 2.14. The zero-order valence-corrected chi connectivity index (χ0v) is 19.2. The van der Waals surface area contributed by atoms with Gasteiger partial charge in [-0.05, 0) is 62.4 Å². The summed E-state index contributed by atoms with van der Waals surface area (Å²) in [5, 5.41) is 2.77. The topological polar surface area (TPSA) is 55.9 Å². The monoisotopic (exact) mass is 440 g/mol. The number of hydrogen-bond acceptors (Lipinski definition) is 4. The Balaban J connectivity index is 1.46. The van der Waals surface area contributed by atoms with Crippen molar-refractivity contribution in [2.24, 2.45) is 0 Å². The minimum absolute atomic E-state index is 0.0307. The summed E-state index contributed by atoms with van der Waals surface area (Å²) in [4.78, 5) is 31.4. The van der Waals surface area contributed by atoms with E-state index in [0.29, 0.717) is 43.5 Å². The van der Waals surface area contributed by atoms with Gasteiger partial charge in [-0.15, -0.1) is 0 Å². The summed E-state index contributed by atoms with van der Waals surface area (Å²) < 4.78 is 13.0. The number of carbonyl (C=O) groups excluding carboxylic acids is 2. The molecule has 2 aromatic rings. The number of nitrogens with zero attached hydrogens (tertiary/aromatic N) is 3. The quantitative estimate of drug-likeness (QED) is 0.683. The van der Waals surface area contributed by atoms with Crippen LogP contribution in [0.25, 0.3) is 0 Å². The van der Waals surface area contributed by atoms with E-state index < -0.39 is 0 Å². The van der Waals surface area contributed by atoms with Gasteiger partial charge in [0.05, 0.1) is 6.54 Å². The van der Waals surface area contributed by atoms with E-state index in [1.54, 1.807) is 0 Å². The second kappa shape index (κ2) is 11.2. The largest absolute Gasteiger partial charge is 0.336 e. The van der Waals surface area contributed by atoms with Crippen molar-refractivity contribution in [2.45, 2.75) is 33.4 Å². The van der Waals surface area contributed by atoms with E-state index in [1.807, 2.05) is 34.1 Å². The average molecular weight is 441 g/mol. The van der Waals surface area contributed by atoms with Crippen LogP contribution in [0, 0.1) is 5.82 Å². The van der Waals surface area contributed by atoms with Crippen molar-refractivity contribution in [1.29, 1.82) is 0 Å².